The molecule has 3 rings (SSSR count). The molecule has 0 saturated heterocycles. The number of hydrogen-bond donors (Lipinski definition) is 3. The topological polar surface area (TPSA) is 88.9 Å². The van der Waals surface area contributed by atoms with E-state index in [0.29, 0.717) is 45.8 Å². The molecule has 1 aliphatic rings. The number of anilines is 2. The van der Waals surface area contributed by atoms with Crippen molar-refractivity contribution in [1.29, 1.82) is 0 Å². The fraction of sp³-hybridized carbons (Fsp3) is 0.469. The lowest BCUT2D eigenvalue weighted by Crippen LogP contribution is -2.27. The molecule has 0 spiro atoms. The number of nitrogens with zero attached hydrogens (tertiary/aromatic N) is 4. The Labute approximate surface area is 253 Å². The third-order valence-electron chi connectivity index (χ3n) is 7.17. The summed E-state index contributed by atoms with van der Waals surface area (Å²) < 4.78 is 30.1. The smallest absolute Gasteiger partial charge is 0.153 e. The number of allylic oxidation sites excluding steroid dienone is 2. The minimum Gasteiger partial charge on any atom is -0.387 e. The third kappa shape index (κ3) is 8.19. The van der Waals surface area contributed by atoms with E-state index in [1.165, 1.54) is 28.8 Å². The van der Waals surface area contributed by atoms with E-state index >= 15 is 8.78 Å². The van der Waals surface area contributed by atoms with Gasteiger partial charge in [-0.2, -0.15) is 5.10 Å². The second-order valence-corrected chi connectivity index (χ2v) is 11.8. The van der Waals surface area contributed by atoms with Crippen molar-refractivity contribution in [3.8, 4) is 0 Å². The van der Waals surface area contributed by atoms with Crippen LogP contribution in [0.1, 0.15) is 66.0 Å². The normalized spacial score (nSPS) is 16.0. The maximum absolute atomic E-state index is 15.0. The number of aryl methyl sites for hydroxylation is 1. The highest BCUT2D eigenvalue weighted by molar-refractivity contribution is 7.98. The molecule has 1 fully saturated rings. The molecule has 228 valence electrons. The molecule has 1 aromatic heterocycles. The molecule has 0 amide bonds. The first kappa shape index (κ1) is 33.3. The molecule has 1 saturated carbocycles. The number of benzene rings is 1. The molecule has 1 heterocycles. The fourth-order valence-corrected chi connectivity index (χ4v) is 5.13. The number of halogens is 2. The number of aromatic nitrogens is 2. The highest BCUT2D eigenvalue weighted by Gasteiger charge is 2.33. The van der Waals surface area contributed by atoms with Gasteiger partial charge in [-0.1, -0.05) is 39.8 Å². The van der Waals surface area contributed by atoms with Crippen LogP contribution >= 0.6 is 11.8 Å². The van der Waals surface area contributed by atoms with Gasteiger partial charge < -0.3 is 15.3 Å². The van der Waals surface area contributed by atoms with Crippen LogP contribution in [-0.2, 0) is 0 Å². The van der Waals surface area contributed by atoms with Crippen LogP contribution < -0.4 is 10.2 Å². The van der Waals surface area contributed by atoms with Gasteiger partial charge in [0.25, 0.3) is 0 Å². The molecule has 42 heavy (non-hydrogen) atoms. The molecule has 1 unspecified atom stereocenters. The number of rotatable bonds is 13. The summed E-state index contributed by atoms with van der Waals surface area (Å²) in [6.45, 7) is 16.0. The molecule has 2 aromatic rings. The van der Waals surface area contributed by atoms with Crippen LogP contribution in [-0.4, -0.2) is 46.3 Å². The summed E-state index contributed by atoms with van der Waals surface area (Å²) in [4.78, 5) is 11.7. The van der Waals surface area contributed by atoms with Crippen LogP contribution in [0.5, 0.6) is 0 Å². The van der Waals surface area contributed by atoms with Crippen molar-refractivity contribution in [1.82, 2.24) is 10.2 Å². The predicted octanol–water partition coefficient (Wildman–Crippen LogP) is 8.02. The summed E-state index contributed by atoms with van der Waals surface area (Å²) in [5.74, 6) is 0.296. The van der Waals surface area contributed by atoms with E-state index in [2.05, 4.69) is 22.1 Å². The summed E-state index contributed by atoms with van der Waals surface area (Å²) in [6.07, 6.45) is 6.37. The Kier molecular flexibility index (Phi) is 11.7. The Morgan fingerprint density at radius 1 is 1.26 bits per heavy atom. The highest BCUT2D eigenvalue weighted by atomic mass is 32.2. The zero-order chi connectivity index (χ0) is 31.1. The average Bonchev–Trinajstić information content (AvgIpc) is 3.68. The minimum atomic E-state index is -0.665. The van der Waals surface area contributed by atoms with E-state index in [1.54, 1.807) is 20.2 Å². The van der Waals surface area contributed by atoms with Crippen molar-refractivity contribution < 1.29 is 13.9 Å². The van der Waals surface area contributed by atoms with Crippen molar-refractivity contribution in [3.63, 3.8) is 0 Å². The summed E-state index contributed by atoms with van der Waals surface area (Å²) in [7, 11) is 1.59. The summed E-state index contributed by atoms with van der Waals surface area (Å²) in [6, 6.07) is 4.50. The van der Waals surface area contributed by atoms with Gasteiger partial charge in [0.05, 0.1) is 11.8 Å². The lowest BCUT2D eigenvalue weighted by atomic mass is 9.96. The number of aliphatic hydroxyl groups is 1. The van der Waals surface area contributed by atoms with Crippen LogP contribution in [0.2, 0.25) is 0 Å². The molecule has 0 bridgehead atoms. The summed E-state index contributed by atoms with van der Waals surface area (Å²) in [5, 5.41) is 21.4. The van der Waals surface area contributed by atoms with Crippen molar-refractivity contribution >= 4 is 34.8 Å². The Balaban J connectivity index is 2.16. The Bertz CT molecular complexity index is 1380. The van der Waals surface area contributed by atoms with Gasteiger partial charge in [-0.25, -0.2) is 13.8 Å². The van der Waals surface area contributed by atoms with Gasteiger partial charge in [0.15, 0.2) is 17.5 Å². The van der Waals surface area contributed by atoms with E-state index in [9.17, 15) is 5.11 Å². The number of aromatic amines is 1. The lowest BCUT2D eigenvalue weighted by Gasteiger charge is -2.23. The van der Waals surface area contributed by atoms with Gasteiger partial charge in [-0.15, -0.1) is 11.8 Å². The number of H-pyrrole nitrogens is 1. The molecular weight excluding hydrogens is 554 g/mol. The average molecular weight is 599 g/mol. The second kappa shape index (κ2) is 14.8. The summed E-state index contributed by atoms with van der Waals surface area (Å²) in [5.41, 5.74) is 3.58. The first-order valence-electron chi connectivity index (χ1n) is 14.4. The highest BCUT2D eigenvalue weighted by Crippen LogP contribution is 2.44. The van der Waals surface area contributed by atoms with Crippen molar-refractivity contribution in [2.24, 2.45) is 21.8 Å². The number of nitrogens with one attached hydrogen (secondary N) is 2. The van der Waals surface area contributed by atoms with E-state index in [1.807, 2.05) is 46.8 Å². The van der Waals surface area contributed by atoms with E-state index in [4.69, 9.17) is 9.98 Å². The minimum absolute atomic E-state index is 0.0449. The molecule has 0 aliphatic heterocycles. The first-order chi connectivity index (χ1) is 19.9. The number of aliphatic imine (C=N–C) groups is 2. The molecule has 1 aromatic carbocycles. The van der Waals surface area contributed by atoms with Crippen LogP contribution in [0, 0.1) is 30.4 Å². The lowest BCUT2D eigenvalue weighted by molar-refractivity contribution is 0.224. The number of aliphatic hydroxyl groups excluding tert-OH is 1. The van der Waals surface area contributed by atoms with E-state index in [-0.39, 0.29) is 17.5 Å². The molecule has 3 N–H and O–H groups in total. The van der Waals surface area contributed by atoms with Gasteiger partial charge in [0.2, 0.25) is 0 Å². The van der Waals surface area contributed by atoms with Crippen molar-refractivity contribution in [2.75, 3.05) is 23.5 Å². The molecule has 10 heteroatoms. The number of amidine groups is 1. The SMILES string of the molecule is C=C(/C(=C/C)N=C(C(C)C)C(O)CCC)/C(=C(\N=C(/C)N(C)c1c(F)cc(SC)cc1F)Nc1cc(C)[nH]n1)C1CC1. The fourth-order valence-electron chi connectivity index (χ4n) is 4.69. The molecule has 1 atom stereocenters. The van der Waals surface area contributed by atoms with Crippen LogP contribution in [0.3, 0.4) is 0 Å². The van der Waals surface area contributed by atoms with Gasteiger partial charge in [0, 0.05) is 35.0 Å². The van der Waals surface area contributed by atoms with Crippen LogP contribution in [0.4, 0.5) is 20.3 Å². The maximum atomic E-state index is 15.0. The predicted molar refractivity (Wildman–Crippen MR) is 172 cm³/mol. The molecular formula is C32H44F2N6OS. The van der Waals surface area contributed by atoms with E-state index in [0.717, 1.165) is 30.5 Å². The summed E-state index contributed by atoms with van der Waals surface area (Å²) >= 11 is 1.27. The number of thioether (sulfide) groups is 1. The third-order valence-corrected chi connectivity index (χ3v) is 7.87. The van der Waals surface area contributed by atoms with Crippen molar-refractivity contribution in [3.05, 3.63) is 70.8 Å². The van der Waals surface area contributed by atoms with Gasteiger partial charge in [-0.3, -0.25) is 10.1 Å². The second-order valence-electron chi connectivity index (χ2n) is 10.9. The largest absolute Gasteiger partial charge is 0.387 e. The zero-order valence-corrected chi connectivity index (χ0v) is 26.8. The van der Waals surface area contributed by atoms with Crippen LogP contribution in [0.15, 0.2) is 68.4 Å². The Hall–Kier alpha value is -3.24. The van der Waals surface area contributed by atoms with Crippen molar-refractivity contribution in [2.45, 2.75) is 78.2 Å². The standard InChI is InChI=1S/C32H44F2N6OS/c1-10-12-27(41)30(18(3)4)36-26(11-2)20(6)29(22-13-14-22)32(37-28-15-19(5)38-39-28)35-21(7)40(8)31-24(33)16-23(42-9)17-25(31)34/h11,15-18,22,27,41H,6,10,12-14H2,1-5,7-9H3,(H2,37,38,39)/b26-11-,32-29-,35-21+,36-30?. The van der Waals surface area contributed by atoms with E-state index < -0.39 is 17.7 Å². The van der Waals surface area contributed by atoms with Gasteiger partial charge in [0.1, 0.15) is 17.3 Å². The first-order valence-corrected chi connectivity index (χ1v) is 15.6. The molecule has 7 nitrogen and oxygen atoms in total. The molecule has 0 radical (unpaired) electrons. The molecule has 1 aliphatic carbocycles. The van der Waals surface area contributed by atoms with Gasteiger partial charge >= 0.3 is 0 Å². The zero-order valence-electron chi connectivity index (χ0n) is 26.0. The Morgan fingerprint density at radius 3 is 2.38 bits per heavy atom. The quantitative estimate of drug-likeness (QED) is 0.0940. The van der Waals surface area contributed by atoms with Gasteiger partial charge in [-0.05, 0) is 75.8 Å². The Morgan fingerprint density at radius 2 is 1.90 bits per heavy atom. The maximum Gasteiger partial charge on any atom is 0.153 e. The van der Waals surface area contributed by atoms with Crippen LogP contribution in [0.25, 0.3) is 0 Å². The number of hydrogen-bond acceptors (Lipinski definition) is 6. The monoisotopic (exact) mass is 598 g/mol.